The van der Waals surface area contributed by atoms with E-state index in [4.69, 9.17) is 0 Å². The highest BCUT2D eigenvalue weighted by Gasteiger charge is 2.24. The van der Waals surface area contributed by atoms with E-state index >= 15 is 0 Å². The highest BCUT2D eigenvalue weighted by molar-refractivity contribution is 9.10. The van der Waals surface area contributed by atoms with Gasteiger partial charge < -0.3 is 5.32 Å². The topological polar surface area (TPSA) is 46.2 Å². The van der Waals surface area contributed by atoms with Crippen molar-refractivity contribution in [2.45, 2.75) is 6.54 Å². The minimum Gasteiger partial charge on any atom is -0.348 e. The van der Waals surface area contributed by atoms with E-state index in [1.165, 1.54) is 6.08 Å². The molecule has 6 heteroatoms. The van der Waals surface area contributed by atoms with Crippen molar-refractivity contribution < 1.29 is 9.59 Å². The fourth-order valence-corrected chi connectivity index (χ4v) is 5.27. The van der Waals surface area contributed by atoms with Gasteiger partial charge in [-0.25, -0.2) is 0 Å². The maximum Gasteiger partial charge on any atom is 0.257 e. The van der Waals surface area contributed by atoms with E-state index in [1.54, 1.807) is 29.6 Å². The van der Waals surface area contributed by atoms with Gasteiger partial charge >= 0.3 is 0 Å². The molecule has 1 N–H and O–H groups in total. The summed E-state index contributed by atoms with van der Waals surface area (Å²) in [6.07, 6.45) is 3.22. The maximum absolute atomic E-state index is 12.8. The Morgan fingerprint density at radius 2 is 1.67 bits per heavy atom. The van der Waals surface area contributed by atoms with Crippen LogP contribution in [0, 0.1) is 0 Å². The molecule has 1 saturated heterocycles. The van der Waals surface area contributed by atoms with Crippen LogP contribution in [-0.2, 0) is 16.1 Å². The minimum atomic E-state index is -0.318. The van der Waals surface area contributed by atoms with Crippen LogP contribution >= 0.6 is 39.5 Å². The highest BCUT2D eigenvalue weighted by atomic mass is 79.9. The lowest BCUT2D eigenvalue weighted by Gasteiger charge is -2.09. The van der Waals surface area contributed by atoms with Crippen LogP contribution < -0.4 is 5.32 Å². The van der Waals surface area contributed by atoms with E-state index in [-0.39, 0.29) is 17.3 Å². The molecule has 3 nitrogen and oxygen atoms in total. The lowest BCUT2D eigenvalue weighted by Crippen LogP contribution is -2.28. The van der Waals surface area contributed by atoms with Crippen LogP contribution in [0.15, 0.2) is 75.0 Å². The zero-order chi connectivity index (χ0) is 19.1. The summed E-state index contributed by atoms with van der Waals surface area (Å²) >= 11 is 6.54. The molecule has 1 fully saturated rings. The molecule has 0 unspecified atom stereocenters. The first-order valence-electron chi connectivity index (χ1n) is 8.43. The third-order valence-corrected chi connectivity index (χ3v) is 7.06. The van der Waals surface area contributed by atoms with E-state index in [0.29, 0.717) is 6.54 Å². The second-order valence-electron chi connectivity index (χ2n) is 5.78. The Kier molecular flexibility index (Phi) is 7.38. The fraction of sp³-hybridized carbons (Fsp3) is 0.143. The molecule has 0 aliphatic carbocycles. The Labute approximate surface area is 175 Å². The minimum absolute atomic E-state index is 0.242. The lowest BCUT2D eigenvalue weighted by molar-refractivity contribution is -0.121. The number of amides is 1. The van der Waals surface area contributed by atoms with Crippen molar-refractivity contribution >= 4 is 57.2 Å². The fourth-order valence-electron chi connectivity index (χ4n) is 2.46. The monoisotopic (exact) mass is 459 g/mol. The number of nitrogens with one attached hydrogen (secondary N) is 1. The molecule has 0 radical (unpaired) electrons. The van der Waals surface area contributed by atoms with Gasteiger partial charge in [0.1, 0.15) is 5.57 Å². The summed E-state index contributed by atoms with van der Waals surface area (Å²) in [5, 5.41) is 2.88. The van der Waals surface area contributed by atoms with Crippen LogP contribution in [0.25, 0.3) is 6.08 Å². The lowest BCUT2D eigenvalue weighted by atomic mass is 10.1. The zero-order valence-corrected chi connectivity index (χ0v) is 17.7. The van der Waals surface area contributed by atoms with Crippen LogP contribution in [0.3, 0.4) is 0 Å². The van der Waals surface area contributed by atoms with Crippen LogP contribution in [0.4, 0.5) is 0 Å². The van der Waals surface area contributed by atoms with Gasteiger partial charge in [-0.3, -0.25) is 9.59 Å². The Morgan fingerprint density at radius 3 is 2.33 bits per heavy atom. The summed E-state index contributed by atoms with van der Waals surface area (Å²) < 4.78 is 1.79. The number of allylic oxidation sites excluding steroid dienone is 1. The Hall–Kier alpha value is -1.76. The molecule has 1 aliphatic heterocycles. The van der Waals surface area contributed by atoms with Gasteiger partial charge in [0.25, 0.3) is 5.91 Å². The van der Waals surface area contributed by atoms with E-state index in [0.717, 1.165) is 31.3 Å². The summed E-state index contributed by atoms with van der Waals surface area (Å²) in [7, 11) is 0. The van der Waals surface area contributed by atoms with E-state index in [9.17, 15) is 9.59 Å². The molecule has 1 amide bonds. The molecule has 138 valence electrons. The van der Waals surface area contributed by atoms with Crippen molar-refractivity contribution in [3.8, 4) is 0 Å². The van der Waals surface area contributed by atoms with Gasteiger partial charge in [-0.1, -0.05) is 64.5 Å². The molecule has 0 spiro atoms. The largest absolute Gasteiger partial charge is 0.348 e. The van der Waals surface area contributed by atoms with E-state index in [1.807, 2.05) is 54.6 Å². The van der Waals surface area contributed by atoms with Crippen LogP contribution in [0.1, 0.15) is 11.1 Å². The molecule has 0 saturated carbocycles. The first-order chi connectivity index (χ1) is 13.1. The molecule has 27 heavy (non-hydrogen) atoms. The first kappa shape index (κ1) is 20.0. The van der Waals surface area contributed by atoms with Gasteiger partial charge in [0, 0.05) is 22.5 Å². The average Bonchev–Trinajstić information content (AvgIpc) is 3.21. The second-order valence-corrected chi connectivity index (χ2v) is 9.16. The molecule has 2 aromatic carbocycles. The van der Waals surface area contributed by atoms with Crippen molar-refractivity contribution in [2.24, 2.45) is 0 Å². The summed E-state index contributed by atoms with van der Waals surface area (Å²) in [5.74, 6) is 1.25. The smallest absolute Gasteiger partial charge is 0.257 e. The number of hydrogen-bond donors (Lipinski definition) is 1. The predicted octanol–water partition coefficient (Wildman–Crippen LogP) is 5.04. The summed E-state index contributed by atoms with van der Waals surface area (Å²) in [5.41, 5.74) is 2.15. The average molecular weight is 460 g/mol. The van der Waals surface area contributed by atoms with Gasteiger partial charge in [0.05, 0.1) is 4.24 Å². The number of ketones is 1. The van der Waals surface area contributed by atoms with Crippen LogP contribution in [-0.4, -0.2) is 23.2 Å². The number of halogens is 1. The van der Waals surface area contributed by atoms with Crippen molar-refractivity contribution in [1.29, 1.82) is 0 Å². The standard InChI is InChI=1S/C21H18BrNO2S2/c22-17-9-6-15(7-10-17)8-11-18(24)19(21-26-12-13-27-21)20(25)23-14-16-4-2-1-3-5-16/h1-11H,12-14H2,(H,23,25)/b11-8+. The van der Waals surface area contributed by atoms with Crippen molar-refractivity contribution in [2.75, 3.05) is 11.5 Å². The second kappa shape index (κ2) is 9.97. The molecule has 2 aromatic rings. The van der Waals surface area contributed by atoms with Crippen molar-refractivity contribution in [1.82, 2.24) is 5.32 Å². The Balaban J connectivity index is 1.75. The number of hydrogen-bond acceptors (Lipinski definition) is 4. The molecule has 0 atom stereocenters. The first-order valence-corrected chi connectivity index (χ1v) is 11.2. The summed E-state index contributed by atoms with van der Waals surface area (Å²) in [6, 6.07) is 17.3. The Morgan fingerprint density at radius 1 is 1.00 bits per heavy atom. The van der Waals surface area contributed by atoms with Crippen LogP contribution in [0.2, 0.25) is 0 Å². The molecule has 1 aliphatic rings. The van der Waals surface area contributed by atoms with Crippen LogP contribution in [0.5, 0.6) is 0 Å². The number of carbonyl (C=O) groups excluding carboxylic acids is 2. The molecular formula is C21H18BrNO2S2. The predicted molar refractivity (Wildman–Crippen MR) is 118 cm³/mol. The van der Waals surface area contributed by atoms with Gasteiger partial charge in [-0.15, -0.1) is 23.5 Å². The normalized spacial score (nSPS) is 13.7. The summed E-state index contributed by atoms with van der Waals surface area (Å²) in [6.45, 7) is 0.398. The SMILES string of the molecule is O=C(/C=C/c1ccc(Br)cc1)C(C(=O)NCc1ccccc1)=C1SCCS1. The van der Waals surface area contributed by atoms with Crippen molar-refractivity contribution in [3.63, 3.8) is 0 Å². The van der Waals surface area contributed by atoms with E-state index < -0.39 is 0 Å². The molecule has 3 rings (SSSR count). The third-order valence-electron chi connectivity index (χ3n) is 3.82. The van der Waals surface area contributed by atoms with Gasteiger partial charge in [-0.2, -0.15) is 0 Å². The maximum atomic E-state index is 12.8. The molecule has 1 heterocycles. The number of thioether (sulfide) groups is 2. The number of rotatable bonds is 6. The Bertz CT molecular complexity index is 869. The zero-order valence-electron chi connectivity index (χ0n) is 14.5. The van der Waals surface area contributed by atoms with Gasteiger partial charge in [-0.05, 0) is 29.3 Å². The van der Waals surface area contributed by atoms with Crippen molar-refractivity contribution in [3.05, 3.63) is 86.1 Å². The quantitative estimate of drug-likeness (QED) is 0.373. The number of carbonyl (C=O) groups is 2. The third kappa shape index (κ3) is 5.86. The summed E-state index contributed by atoms with van der Waals surface area (Å²) in [4.78, 5) is 25.5. The van der Waals surface area contributed by atoms with E-state index in [2.05, 4.69) is 21.2 Å². The molecule has 0 aromatic heterocycles. The van der Waals surface area contributed by atoms with Gasteiger partial charge in [0.2, 0.25) is 0 Å². The van der Waals surface area contributed by atoms with Gasteiger partial charge in [0.15, 0.2) is 5.78 Å². The molecular weight excluding hydrogens is 442 g/mol. The highest BCUT2D eigenvalue weighted by Crippen LogP contribution is 2.39. The number of benzene rings is 2. The molecule has 0 bridgehead atoms.